The van der Waals surface area contributed by atoms with Gasteiger partial charge in [-0.2, -0.15) is 5.01 Å². The van der Waals surface area contributed by atoms with E-state index in [0.29, 0.717) is 5.01 Å². The lowest BCUT2D eigenvalue weighted by atomic mass is 10.1. The molecule has 0 spiro atoms. The number of imide groups is 1. The van der Waals surface area contributed by atoms with Crippen molar-refractivity contribution in [2.75, 3.05) is 6.61 Å². The number of carbonyl (C=O) groups excluding carboxylic acids is 4. The van der Waals surface area contributed by atoms with Crippen molar-refractivity contribution in [1.82, 2.24) is 10.4 Å². The first-order valence-electron chi connectivity index (χ1n) is 5.70. The van der Waals surface area contributed by atoms with Crippen LogP contribution in [0.5, 0.6) is 0 Å². The zero-order valence-electron chi connectivity index (χ0n) is 10.3. The van der Waals surface area contributed by atoms with E-state index in [9.17, 15) is 19.2 Å². The first-order chi connectivity index (χ1) is 9.50. The molecule has 1 aromatic carbocycles. The number of nitrogens with zero attached hydrogens (tertiary/aromatic N) is 1. The summed E-state index contributed by atoms with van der Waals surface area (Å²) in [5.74, 6) is -1.91. The quantitative estimate of drug-likeness (QED) is 0.738. The van der Waals surface area contributed by atoms with Gasteiger partial charge in [0.15, 0.2) is 0 Å². The molecule has 0 bridgehead atoms. The average Bonchev–Trinajstić information content (AvgIpc) is 2.64. The minimum atomic E-state index is -1.01. The Morgan fingerprint density at radius 2 is 1.70 bits per heavy atom. The molecule has 0 aliphatic carbocycles. The van der Waals surface area contributed by atoms with E-state index in [1.807, 2.05) is 5.43 Å². The molecule has 4 amide bonds. The summed E-state index contributed by atoms with van der Waals surface area (Å²) < 4.78 is 4.61. The highest BCUT2D eigenvalue weighted by atomic mass is 16.6. The Labute approximate surface area is 113 Å². The van der Waals surface area contributed by atoms with Crippen LogP contribution >= 0.6 is 0 Å². The monoisotopic (exact) mass is 277 g/mol. The summed E-state index contributed by atoms with van der Waals surface area (Å²) in [5, 5.41) is 0.567. The van der Waals surface area contributed by atoms with Crippen LogP contribution in [0.3, 0.4) is 0 Å². The van der Waals surface area contributed by atoms with Crippen LogP contribution in [-0.2, 0) is 9.53 Å². The normalized spacial score (nSPS) is 13.1. The predicted molar refractivity (Wildman–Crippen MR) is 65.2 cm³/mol. The molecule has 3 N–H and O–H groups in total. The van der Waals surface area contributed by atoms with E-state index >= 15 is 0 Å². The smallest absolute Gasteiger partial charge is 0.426 e. The third kappa shape index (κ3) is 2.58. The van der Waals surface area contributed by atoms with Crippen LogP contribution in [0.4, 0.5) is 4.79 Å². The van der Waals surface area contributed by atoms with Gasteiger partial charge < -0.3 is 10.5 Å². The zero-order valence-corrected chi connectivity index (χ0v) is 10.3. The summed E-state index contributed by atoms with van der Waals surface area (Å²) in [5.41, 5.74) is 7.30. The van der Waals surface area contributed by atoms with Crippen LogP contribution in [0.1, 0.15) is 27.1 Å². The largest absolute Gasteiger partial charge is 0.448 e. The maximum atomic E-state index is 11.9. The zero-order chi connectivity index (χ0) is 14.7. The second kappa shape index (κ2) is 5.39. The SMILES string of the molecule is NC(=O)CCOC(=O)NN1C(=O)c2ccccc2C1=O. The van der Waals surface area contributed by atoms with Crippen molar-refractivity contribution in [2.24, 2.45) is 5.73 Å². The van der Waals surface area contributed by atoms with Crippen LogP contribution < -0.4 is 11.2 Å². The van der Waals surface area contributed by atoms with Crippen molar-refractivity contribution in [3.63, 3.8) is 0 Å². The van der Waals surface area contributed by atoms with E-state index in [1.165, 1.54) is 12.1 Å². The number of rotatable bonds is 4. The van der Waals surface area contributed by atoms with E-state index in [1.54, 1.807) is 12.1 Å². The van der Waals surface area contributed by atoms with Crippen LogP contribution in [0, 0.1) is 0 Å². The Hall–Kier alpha value is -2.90. The fraction of sp³-hybridized carbons (Fsp3) is 0.167. The van der Waals surface area contributed by atoms with E-state index in [0.717, 1.165) is 0 Å². The van der Waals surface area contributed by atoms with Gasteiger partial charge in [0.2, 0.25) is 5.91 Å². The van der Waals surface area contributed by atoms with E-state index in [4.69, 9.17) is 5.73 Å². The standard InChI is InChI=1S/C12H11N3O5/c13-9(16)5-6-20-12(19)14-15-10(17)7-3-1-2-4-8(7)11(15)18/h1-4H,5-6H2,(H2,13,16)(H,14,19). The predicted octanol–water partition coefficient (Wildman–Crippen LogP) is -0.201. The molecule has 1 heterocycles. The second-order valence-corrected chi connectivity index (χ2v) is 3.96. The van der Waals surface area contributed by atoms with E-state index in [2.05, 4.69) is 4.74 Å². The highest BCUT2D eigenvalue weighted by Gasteiger charge is 2.36. The molecule has 0 aromatic heterocycles. The summed E-state index contributed by atoms with van der Waals surface area (Å²) >= 11 is 0. The Morgan fingerprint density at radius 1 is 1.15 bits per heavy atom. The summed E-state index contributed by atoms with van der Waals surface area (Å²) in [6.07, 6.45) is -1.16. The fourth-order valence-corrected chi connectivity index (χ4v) is 1.66. The molecule has 1 aliphatic rings. The molecule has 0 saturated carbocycles. The topological polar surface area (TPSA) is 119 Å². The third-order valence-corrected chi connectivity index (χ3v) is 2.58. The second-order valence-electron chi connectivity index (χ2n) is 3.96. The number of hydrogen-bond acceptors (Lipinski definition) is 5. The van der Waals surface area contributed by atoms with Gasteiger partial charge in [0, 0.05) is 0 Å². The number of hydrogen-bond donors (Lipinski definition) is 2. The molecule has 8 nitrogen and oxygen atoms in total. The lowest BCUT2D eigenvalue weighted by molar-refractivity contribution is -0.118. The fourth-order valence-electron chi connectivity index (χ4n) is 1.66. The minimum absolute atomic E-state index is 0.143. The number of benzene rings is 1. The van der Waals surface area contributed by atoms with Gasteiger partial charge in [-0.25, -0.2) is 10.2 Å². The van der Waals surface area contributed by atoms with Gasteiger partial charge in [0.1, 0.15) is 6.61 Å². The van der Waals surface area contributed by atoms with Gasteiger partial charge in [-0.3, -0.25) is 14.4 Å². The lowest BCUT2D eigenvalue weighted by Crippen LogP contribution is -2.46. The molecular weight excluding hydrogens is 266 g/mol. The Kier molecular flexibility index (Phi) is 3.65. The summed E-state index contributed by atoms with van der Waals surface area (Å²) in [4.78, 5) is 45.6. The number of nitrogens with one attached hydrogen (secondary N) is 1. The Balaban J connectivity index is 1.98. The van der Waals surface area contributed by atoms with Gasteiger partial charge in [-0.1, -0.05) is 12.1 Å². The van der Waals surface area contributed by atoms with Gasteiger partial charge in [-0.05, 0) is 12.1 Å². The molecule has 0 atom stereocenters. The Bertz CT molecular complexity index is 564. The number of amides is 4. The van der Waals surface area contributed by atoms with Crippen molar-refractivity contribution in [1.29, 1.82) is 0 Å². The molecule has 104 valence electrons. The first kappa shape index (κ1) is 13.5. The molecule has 0 unspecified atom stereocenters. The molecule has 1 aliphatic heterocycles. The molecule has 1 aromatic rings. The number of hydrazine groups is 1. The molecule has 0 saturated heterocycles. The number of fused-ring (bicyclic) bond motifs is 1. The van der Waals surface area contributed by atoms with Gasteiger partial charge in [0.25, 0.3) is 11.8 Å². The van der Waals surface area contributed by atoms with Gasteiger partial charge in [-0.15, -0.1) is 0 Å². The number of nitrogens with two attached hydrogens (primary N) is 1. The molecule has 0 radical (unpaired) electrons. The molecule has 2 rings (SSSR count). The number of ether oxygens (including phenoxy) is 1. The van der Waals surface area contributed by atoms with Crippen LogP contribution in [0.15, 0.2) is 24.3 Å². The van der Waals surface area contributed by atoms with Gasteiger partial charge in [0.05, 0.1) is 17.5 Å². The van der Waals surface area contributed by atoms with Crippen molar-refractivity contribution < 1.29 is 23.9 Å². The summed E-state index contributed by atoms with van der Waals surface area (Å²) in [6, 6.07) is 6.18. The lowest BCUT2D eigenvalue weighted by Gasteiger charge is -2.14. The van der Waals surface area contributed by atoms with Crippen molar-refractivity contribution >= 4 is 23.8 Å². The van der Waals surface area contributed by atoms with E-state index in [-0.39, 0.29) is 24.2 Å². The van der Waals surface area contributed by atoms with Crippen LogP contribution in [-0.4, -0.2) is 35.4 Å². The Morgan fingerprint density at radius 3 is 2.20 bits per heavy atom. The van der Waals surface area contributed by atoms with Crippen LogP contribution in [0.2, 0.25) is 0 Å². The van der Waals surface area contributed by atoms with Crippen LogP contribution in [0.25, 0.3) is 0 Å². The van der Waals surface area contributed by atoms with Crippen molar-refractivity contribution in [3.05, 3.63) is 35.4 Å². The highest BCUT2D eigenvalue weighted by Crippen LogP contribution is 2.20. The first-order valence-corrected chi connectivity index (χ1v) is 5.70. The average molecular weight is 277 g/mol. The molecule has 20 heavy (non-hydrogen) atoms. The van der Waals surface area contributed by atoms with Gasteiger partial charge >= 0.3 is 6.09 Å². The summed E-state index contributed by atoms with van der Waals surface area (Å²) in [7, 11) is 0. The minimum Gasteiger partial charge on any atom is -0.448 e. The number of carbonyl (C=O) groups is 4. The maximum absolute atomic E-state index is 11.9. The molecule has 0 fully saturated rings. The number of primary amides is 1. The third-order valence-electron chi connectivity index (χ3n) is 2.58. The van der Waals surface area contributed by atoms with E-state index < -0.39 is 23.8 Å². The maximum Gasteiger partial charge on any atom is 0.426 e. The summed E-state index contributed by atoms with van der Waals surface area (Å²) in [6.45, 7) is -0.232. The molecule has 8 heteroatoms. The van der Waals surface area contributed by atoms with Crippen molar-refractivity contribution in [3.8, 4) is 0 Å². The molecular formula is C12H11N3O5. The highest BCUT2D eigenvalue weighted by molar-refractivity contribution is 6.21. The van der Waals surface area contributed by atoms with Crippen molar-refractivity contribution in [2.45, 2.75) is 6.42 Å².